The molecule has 0 aromatic heterocycles. The molecule has 5 nitrogen and oxygen atoms in total. The maximum Gasteiger partial charge on any atom is 0.223 e. The molecule has 2 fully saturated rings. The third-order valence-electron chi connectivity index (χ3n) is 6.27. The summed E-state index contributed by atoms with van der Waals surface area (Å²) in [5, 5.41) is 3.13. The van der Waals surface area contributed by atoms with Crippen molar-refractivity contribution in [2.75, 3.05) is 44.2 Å². The number of nitrogens with one attached hydrogen (secondary N) is 1. The summed E-state index contributed by atoms with van der Waals surface area (Å²) in [6.45, 7) is 9.59. The molecular formula is C21H36Cl3FN4O. The van der Waals surface area contributed by atoms with Gasteiger partial charge in [-0.15, -0.1) is 37.2 Å². The van der Waals surface area contributed by atoms with Crippen LogP contribution in [0.25, 0.3) is 0 Å². The highest BCUT2D eigenvalue weighted by molar-refractivity contribution is 5.86. The maximum absolute atomic E-state index is 14.0. The molecule has 1 saturated carbocycles. The highest BCUT2D eigenvalue weighted by atomic mass is 35.5. The van der Waals surface area contributed by atoms with Crippen LogP contribution in [-0.2, 0) is 4.79 Å². The van der Waals surface area contributed by atoms with Gasteiger partial charge >= 0.3 is 0 Å². The van der Waals surface area contributed by atoms with E-state index >= 15 is 0 Å². The van der Waals surface area contributed by atoms with Gasteiger partial charge in [0.05, 0.1) is 6.04 Å². The number of carbonyl (C=O) groups excluding carboxylic acids is 1. The van der Waals surface area contributed by atoms with Gasteiger partial charge in [0.2, 0.25) is 5.91 Å². The Labute approximate surface area is 198 Å². The summed E-state index contributed by atoms with van der Waals surface area (Å²) in [6.07, 6.45) is 2.98. The molecule has 0 bridgehead atoms. The minimum atomic E-state index is -0.261. The van der Waals surface area contributed by atoms with Crippen molar-refractivity contribution in [3.63, 3.8) is 0 Å². The number of benzene rings is 1. The number of nitrogens with zero attached hydrogens (tertiary/aromatic N) is 2. The second kappa shape index (κ2) is 13.6. The summed E-state index contributed by atoms with van der Waals surface area (Å²) < 4.78 is 14.0. The molecule has 1 aromatic carbocycles. The van der Waals surface area contributed by atoms with Gasteiger partial charge in [0.15, 0.2) is 0 Å². The monoisotopic (exact) mass is 484 g/mol. The molecule has 1 unspecified atom stereocenters. The van der Waals surface area contributed by atoms with Crippen LogP contribution in [0.3, 0.4) is 0 Å². The molecule has 1 aliphatic carbocycles. The summed E-state index contributed by atoms with van der Waals surface area (Å²) in [5.41, 5.74) is 7.71. The molecule has 3 rings (SSSR count). The van der Waals surface area contributed by atoms with Crippen molar-refractivity contribution >= 4 is 48.8 Å². The average Bonchev–Trinajstić information content (AvgIpc) is 3.17. The zero-order valence-corrected chi connectivity index (χ0v) is 20.3. The van der Waals surface area contributed by atoms with Gasteiger partial charge in [-0.1, -0.05) is 13.3 Å². The van der Waals surface area contributed by atoms with Crippen molar-refractivity contribution in [2.24, 2.45) is 17.6 Å². The lowest BCUT2D eigenvalue weighted by Gasteiger charge is -2.37. The molecule has 1 amide bonds. The Hall–Kier alpha value is -0.790. The normalized spacial score (nSPS) is 22.3. The molecule has 174 valence electrons. The number of hydrogen-bond donors (Lipinski definition) is 2. The maximum atomic E-state index is 14.0. The Kier molecular flexibility index (Phi) is 13.2. The number of amides is 1. The molecule has 9 heteroatoms. The van der Waals surface area contributed by atoms with E-state index in [0.29, 0.717) is 6.54 Å². The number of halogens is 4. The largest absolute Gasteiger partial charge is 0.369 e. The first-order chi connectivity index (χ1) is 13.0. The lowest BCUT2D eigenvalue weighted by atomic mass is 9.94. The summed E-state index contributed by atoms with van der Waals surface area (Å²) in [4.78, 5) is 17.5. The van der Waals surface area contributed by atoms with Gasteiger partial charge in [0, 0.05) is 43.3 Å². The number of nitrogens with two attached hydrogens (primary N) is 1. The number of carbonyl (C=O) groups is 1. The van der Waals surface area contributed by atoms with Crippen molar-refractivity contribution in [1.82, 2.24) is 10.2 Å². The molecule has 1 saturated heterocycles. The summed E-state index contributed by atoms with van der Waals surface area (Å²) in [6, 6.07) is 4.71. The first kappa shape index (κ1) is 29.2. The SMILES string of the molecule is CCN1CCN(c2ccc(F)cc2C(C)NC(=O)[C@@H]2CCC[C@@H]2CN)CC1.Cl.Cl.Cl. The van der Waals surface area contributed by atoms with Crippen LogP contribution >= 0.6 is 37.2 Å². The van der Waals surface area contributed by atoms with Crippen LogP contribution in [0.1, 0.15) is 44.7 Å². The lowest BCUT2D eigenvalue weighted by molar-refractivity contribution is -0.126. The van der Waals surface area contributed by atoms with Gasteiger partial charge in [0.1, 0.15) is 5.82 Å². The predicted octanol–water partition coefficient (Wildman–Crippen LogP) is 3.79. The van der Waals surface area contributed by atoms with Crippen molar-refractivity contribution in [3.05, 3.63) is 29.6 Å². The van der Waals surface area contributed by atoms with Crippen LogP contribution in [0.15, 0.2) is 18.2 Å². The second-order valence-electron chi connectivity index (χ2n) is 7.89. The fraction of sp³-hybridized carbons (Fsp3) is 0.667. The fourth-order valence-corrected chi connectivity index (χ4v) is 4.53. The molecule has 1 heterocycles. The van der Waals surface area contributed by atoms with E-state index in [0.717, 1.165) is 63.2 Å². The van der Waals surface area contributed by atoms with E-state index in [-0.39, 0.29) is 66.8 Å². The van der Waals surface area contributed by atoms with Gasteiger partial charge in [-0.3, -0.25) is 4.79 Å². The Morgan fingerprint density at radius 2 is 1.87 bits per heavy atom. The van der Waals surface area contributed by atoms with E-state index in [2.05, 4.69) is 22.0 Å². The van der Waals surface area contributed by atoms with E-state index in [1.54, 1.807) is 6.07 Å². The quantitative estimate of drug-likeness (QED) is 0.644. The zero-order valence-electron chi connectivity index (χ0n) is 17.8. The topological polar surface area (TPSA) is 61.6 Å². The zero-order chi connectivity index (χ0) is 19.4. The molecule has 3 N–H and O–H groups in total. The number of likely N-dealkylation sites (N-methyl/N-ethyl adjacent to an activating group) is 1. The highest BCUT2D eigenvalue weighted by Crippen LogP contribution is 2.33. The predicted molar refractivity (Wildman–Crippen MR) is 129 cm³/mol. The lowest BCUT2D eigenvalue weighted by Crippen LogP contribution is -2.46. The molecule has 30 heavy (non-hydrogen) atoms. The average molecular weight is 486 g/mol. The van der Waals surface area contributed by atoms with Crippen LogP contribution in [0.4, 0.5) is 10.1 Å². The van der Waals surface area contributed by atoms with Crippen molar-refractivity contribution in [1.29, 1.82) is 0 Å². The summed E-state index contributed by atoms with van der Waals surface area (Å²) >= 11 is 0. The fourth-order valence-electron chi connectivity index (χ4n) is 4.53. The van der Waals surface area contributed by atoms with Gasteiger partial charge < -0.3 is 20.9 Å². The third kappa shape index (κ3) is 6.86. The smallest absolute Gasteiger partial charge is 0.223 e. The van der Waals surface area contributed by atoms with Crippen molar-refractivity contribution < 1.29 is 9.18 Å². The molecule has 0 radical (unpaired) electrons. The van der Waals surface area contributed by atoms with Gasteiger partial charge in [-0.25, -0.2) is 4.39 Å². The molecular weight excluding hydrogens is 450 g/mol. The molecule has 1 aliphatic heterocycles. The highest BCUT2D eigenvalue weighted by Gasteiger charge is 2.33. The van der Waals surface area contributed by atoms with Gasteiger partial charge in [-0.05, 0) is 57.0 Å². The number of anilines is 1. The summed E-state index contributed by atoms with van der Waals surface area (Å²) in [7, 11) is 0. The number of hydrogen-bond acceptors (Lipinski definition) is 4. The van der Waals surface area contributed by atoms with E-state index < -0.39 is 0 Å². The van der Waals surface area contributed by atoms with E-state index in [1.807, 2.05) is 13.0 Å². The molecule has 0 spiro atoms. The summed E-state index contributed by atoms with van der Waals surface area (Å²) in [5.74, 6) is 0.0538. The second-order valence-corrected chi connectivity index (χ2v) is 7.89. The van der Waals surface area contributed by atoms with Crippen LogP contribution in [0.2, 0.25) is 0 Å². The van der Waals surface area contributed by atoms with Crippen molar-refractivity contribution in [3.8, 4) is 0 Å². The van der Waals surface area contributed by atoms with E-state index in [1.165, 1.54) is 6.07 Å². The Balaban J connectivity index is 0.00000280. The van der Waals surface area contributed by atoms with Gasteiger partial charge in [-0.2, -0.15) is 0 Å². The van der Waals surface area contributed by atoms with Crippen LogP contribution in [0.5, 0.6) is 0 Å². The minimum Gasteiger partial charge on any atom is -0.369 e. The number of piperazine rings is 1. The molecule has 2 aliphatic rings. The van der Waals surface area contributed by atoms with Crippen LogP contribution in [-0.4, -0.2) is 50.1 Å². The van der Waals surface area contributed by atoms with Crippen LogP contribution < -0.4 is 16.0 Å². The first-order valence-corrected chi connectivity index (χ1v) is 10.3. The van der Waals surface area contributed by atoms with Crippen LogP contribution in [0, 0.1) is 17.7 Å². The Morgan fingerprint density at radius 1 is 1.20 bits per heavy atom. The van der Waals surface area contributed by atoms with Crippen molar-refractivity contribution in [2.45, 2.75) is 39.2 Å². The molecule has 3 atom stereocenters. The first-order valence-electron chi connectivity index (χ1n) is 10.3. The Bertz CT molecular complexity index is 659. The van der Waals surface area contributed by atoms with E-state index in [9.17, 15) is 9.18 Å². The van der Waals surface area contributed by atoms with Gasteiger partial charge in [0.25, 0.3) is 0 Å². The minimum absolute atomic E-state index is 0. The van der Waals surface area contributed by atoms with E-state index in [4.69, 9.17) is 5.73 Å². The molecule has 1 aromatic rings. The third-order valence-corrected chi connectivity index (χ3v) is 6.27. The standard InChI is InChI=1S/C21H33FN4O.3ClH/c1-3-25-9-11-26(12-10-25)20-8-7-17(22)13-19(20)15(2)24-21(27)18-6-4-5-16(18)14-23;;;/h7-8,13,15-16,18H,3-6,9-12,14,23H2,1-2H3,(H,24,27);3*1H/t15?,16-,18-;;;/m1.../s1. The number of rotatable bonds is 6. The Morgan fingerprint density at radius 3 is 2.47 bits per heavy atom.